The third-order valence-electron chi connectivity index (χ3n) is 3.69. The first-order valence-corrected chi connectivity index (χ1v) is 9.05. The monoisotopic (exact) mass is 506 g/mol. The lowest BCUT2D eigenvalue weighted by molar-refractivity contribution is 0.0474. The maximum atomic E-state index is 12.0. The van der Waals surface area contributed by atoms with Crippen molar-refractivity contribution in [3.63, 3.8) is 0 Å². The minimum atomic E-state index is -0.528. The van der Waals surface area contributed by atoms with Crippen LogP contribution in [0.25, 0.3) is 0 Å². The molecular formula is C20H35IN4O3. The van der Waals surface area contributed by atoms with Crippen molar-refractivity contribution >= 4 is 36.0 Å². The number of alkyl carbamates (subject to hydrolysis) is 1. The smallest absolute Gasteiger partial charge is 0.408 e. The molecule has 1 aromatic carbocycles. The Kier molecular flexibility index (Phi) is 10.6. The van der Waals surface area contributed by atoms with Crippen LogP contribution >= 0.6 is 24.0 Å². The zero-order valence-corrected chi connectivity index (χ0v) is 20.6. The lowest BCUT2D eigenvalue weighted by Crippen LogP contribution is -2.54. The number of carbonyl (C=O) groups excluding carboxylic acids is 1. The van der Waals surface area contributed by atoms with E-state index in [0.717, 1.165) is 16.9 Å². The van der Waals surface area contributed by atoms with Gasteiger partial charge in [-0.3, -0.25) is 4.99 Å². The second-order valence-corrected chi connectivity index (χ2v) is 8.09. The van der Waals surface area contributed by atoms with E-state index in [1.54, 1.807) is 14.2 Å². The molecule has 28 heavy (non-hydrogen) atoms. The Bertz CT molecular complexity index is 670. The van der Waals surface area contributed by atoms with E-state index in [-0.39, 0.29) is 24.0 Å². The fraction of sp³-hybridized carbons (Fsp3) is 0.600. The number of benzene rings is 1. The average Bonchev–Trinajstić information content (AvgIpc) is 2.53. The summed E-state index contributed by atoms with van der Waals surface area (Å²) in [6, 6.07) is 6.08. The van der Waals surface area contributed by atoms with Crippen molar-refractivity contribution in [3.05, 3.63) is 29.3 Å². The highest BCUT2D eigenvalue weighted by molar-refractivity contribution is 14.0. The molecule has 1 amide bonds. The van der Waals surface area contributed by atoms with Crippen LogP contribution in [0.2, 0.25) is 0 Å². The molecule has 0 radical (unpaired) electrons. The number of aliphatic imine (C=N–C) groups is 1. The number of guanidine groups is 1. The summed E-state index contributed by atoms with van der Waals surface area (Å²) in [5.74, 6) is 1.51. The van der Waals surface area contributed by atoms with Gasteiger partial charge in [0.1, 0.15) is 11.4 Å². The van der Waals surface area contributed by atoms with Gasteiger partial charge in [0.05, 0.1) is 12.6 Å². The number of amides is 1. The Hall–Kier alpha value is -1.71. The van der Waals surface area contributed by atoms with Crippen LogP contribution in [-0.2, 0) is 11.3 Å². The van der Waals surface area contributed by atoms with Crippen LogP contribution in [0.5, 0.6) is 5.75 Å². The number of nitrogens with zero attached hydrogens (tertiary/aromatic N) is 1. The molecule has 3 N–H and O–H groups in total. The first-order valence-electron chi connectivity index (χ1n) is 9.05. The average molecular weight is 506 g/mol. The molecule has 8 heteroatoms. The Morgan fingerprint density at radius 2 is 1.79 bits per heavy atom. The number of carbonyl (C=O) groups is 1. The van der Waals surface area contributed by atoms with Crippen molar-refractivity contribution in [1.29, 1.82) is 0 Å². The molecule has 0 aromatic heterocycles. The third-order valence-corrected chi connectivity index (χ3v) is 3.69. The van der Waals surface area contributed by atoms with Gasteiger partial charge in [-0.1, -0.05) is 12.1 Å². The first-order chi connectivity index (χ1) is 12.5. The largest absolute Gasteiger partial charge is 0.496 e. The van der Waals surface area contributed by atoms with E-state index in [2.05, 4.69) is 20.9 Å². The summed E-state index contributed by atoms with van der Waals surface area (Å²) in [4.78, 5) is 16.2. The van der Waals surface area contributed by atoms with Gasteiger partial charge in [-0.2, -0.15) is 0 Å². The third kappa shape index (κ3) is 10.0. The number of halogens is 1. The molecule has 0 heterocycles. The molecule has 7 nitrogen and oxygen atoms in total. The molecule has 0 fully saturated rings. The van der Waals surface area contributed by atoms with Crippen LogP contribution in [0.4, 0.5) is 4.79 Å². The molecule has 160 valence electrons. The minimum Gasteiger partial charge on any atom is -0.496 e. The first kappa shape index (κ1) is 26.3. The van der Waals surface area contributed by atoms with E-state index in [1.807, 2.05) is 59.7 Å². The SMILES string of the molecule is CN=C(NCc1ccc(C)c(OC)c1)NCC(C)(C)NC(=O)OC(C)(C)C.I. The van der Waals surface area contributed by atoms with E-state index < -0.39 is 17.2 Å². The number of methoxy groups -OCH3 is 1. The van der Waals surface area contributed by atoms with Gasteiger partial charge >= 0.3 is 6.09 Å². The molecule has 1 rings (SSSR count). The topological polar surface area (TPSA) is 84.0 Å². The predicted molar refractivity (Wildman–Crippen MR) is 125 cm³/mol. The Balaban J connectivity index is 0.00000729. The normalized spacial score (nSPS) is 11.9. The fourth-order valence-electron chi connectivity index (χ4n) is 2.31. The van der Waals surface area contributed by atoms with Crippen LogP contribution in [0.15, 0.2) is 23.2 Å². The molecule has 0 bridgehead atoms. The van der Waals surface area contributed by atoms with Crippen molar-refractivity contribution in [1.82, 2.24) is 16.0 Å². The van der Waals surface area contributed by atoms with Crippen molar-refractivity contribution < 1.29 is 14.3 Å². The molecule has 0 atom stereocenters. The van der Waals surface area contributed by atoms with E-state index in [4.69, 9.17) is 9.47 Å². The molecule has 0 aliphatic carbocycles. The van der Waals surface area contributed by atoms with Gasteiger partial charge in [-0.15, -0.1) is 24.0 Å². The standard InChI is InChI=1S/C20H34N4O3.HI/c1-14-9-10-15(11-16(14)26-8)12-22-17(21-7)23-13-20(5,6)24-18(25)27-19(2,3)4;/h9-11H,12-13H2,1-8H3,(H,24,25)(H2,21,22,23);1H. The Labute approximate surface area is 186 Å². The molecule has 0 spiro atoms. The predicted octanol–water partition coefficient (Wildman–Crippen LogP) is 3.59. The summed E-state index contributed by atoms with van der Waals surface area (Å²) in [7, 11) is 3.37. The number of hydrogen-bond donors (Lipinski definition) is 3. The summed E-state index contributed by atoms with van der Waals surface area (Å²) in [6.45, 7) is 12.5. The van der Waals surface area contributed by atoms with Crippen LogP contribution in [0.3, 0.4) is 0 Å². The Morgan fingerprint density at radius 3 is 2.32 bits per heavy atom. The maximum Gasteiger partial charge on any atom is 0.408 e. The zero-order chi connectivity index (χ0) is 20.7. The number of aryl methyl sites for hydroxylation is 1. The number of nitrogens with one attached hydrogen (secondary N) is 3. The second-order valence-electron chi connectivity index (χ2n) is 8.09. The van der Waals surface area contributed by atoms with Crippen molar-refractivity contribution in [2.75, 3.05) is 20.7 Å². The summed E-state index contributed by atoms with van der Waals surface area (Å²) in [5, 5.41) is 9.35. The van der Waals surface area contributed by atoms with Gasteiger partial charge < -0.3 is 25.4 Å². The van der Waals surface area contributed by atoms with E-state index in [9.17, 15) is 4.79 Å². The van der Waals surface area contributed by atoms with Crippen molar-refractivity contribution in [3.8, 4) is 5.75 Å². The minimum absolute atomic E-state index is 0. The summed E-state index contributed by atoms with van der Waals surface area (Å²) in [5.41, 5.74) is 1.15. The number of hydrogen-bond acceptors (Lipinski definition) is 4. The van der Waals surface area contributed by atoms with Crippen LogP contribution < -0.4 is 20.7 Å². The van der Waals surface area contributed by atoms with Crippen molar-refractivity contribution in [2.45, 2.75) is 59.2 Å². The summed E-state index contributed by atoms with van der Waals surface area (Å²) in [6.07, 6.45) is -0.441. The van der Waals surface area contributed by atoms with Gasteiger partial charge in [0.2, 0.25) is 0 Å². The molecule has 0 unspecified atom stereocenters. The Morgan fingerprint density at radius 1 is 1.14 bits per heavy atom. The summed E-state index contributed by atoms with van der Waals surface area (Å²) < 4.78 is 10.7. The van der Waals surface area contributed by atoms with Gasteiger partial charge in [0, 0.05) is 20.1 Å². The van der Waals surface area contributed by atoms with Crippen LogP contribution in [-0.4, -0.2) is 43.9 Å². The van der Waals surface area contributed by atoms with Gasteiger partial charge in [0.15, 0.2) is 5.96 Å². The highest BCUT2D eigenvalue weighted by Gasteiger charge is 2.24. The highest BCUT2D eigenvalue weighted by atomic mass is 127. The number of rotatable bonds is 6. The van der Waals surface area contributed by atoms with Gasteiger partial charge in [-0.25, -0.2) is 4.79 Å². The fourth-order valence-corrected chi connectivity index (χ4v) is 2.31. The van der Waals surface area contributed by atoms with Crippen LogP contribution in [0.1, 0.15) is 45.7 Å². The number of ether oxygens (including phenoxy) is 2. The van der Waals surface area contributed by atoms with E-state index in [1.165, 1.54) is 0 Å². The maximum absolute atomic E-state index is 12.0. The zero-order valence-electron chi connectivity index (χ0n) is 18.2. The molecule has 1 aromatic rings. The lowest BCUT2D eigenvalue weighted by atomic mass is 10.1. The molecular weight excluding hydrogens is 471 g/mol. The van der Waals surface area contributed by atoms with E-state index >= 15 is 0 Å². The summed E-state index contributed by atoms with van der Waals surface area (Å²) >= 11 is 0. The lowest BCUT2D eigenvalue weighted by Gasteiger charge is -2.29. The molecule has 0 saturated carbocycles. The van der Waals surface area contributed by atoms with Crippen molar-refractivity contribution in [2.24, 2.45) is 4.99 Å². The second kappa shape index (κ2) is 11.3. The van der Waals surface area contributed by atoms with Crippen LogP contribution in [0, 0.1) is 6.92 Å². The molecule has 0 aliphatic rings. The van der Waals surface area contributed by atoms with Gasteiger partial charge in [-0.05, 0) is 58.7 Å². The highest BCUT2D eigenvalue weighted by Crippen LogP contribution is 2.18. The molecule has 0 saturated heterocycles. The van der Waals surface area contributed by atoms with Gasteiger partial charge in [0.25, 0.3) is 0 Å². The quantitative estimate of drug-likeness (QED) is 0.312. The van der Waals surface area contributed by atoms with E-state index in [0.29, 0.717) is 19.0 Å². The molecule has 0 aliphatic heterocycles.